The Labute approximate surface area is 618 Å². The van der Waals surface area contributed by atoms with Gasteiger partial charge in [0, 0.05) is 25.7 Å². The zero-order valence-corrected chi connectivity index (χ0v) is 67.5. The first kappa shape index (κ1) is 98.5. The topological polar surface area (TPSA) is 237 Å². The summed E-state index contributed by atoms with van der Waals surface area (Å²) in [6.07, 6.45) is 65.9. The Morgan fingerprint density at radius 2 is 0.535 bits per heavy atom. The second kappa shape index (κ2) is 73.1. The van der Waals surface area contributed by atoms with Gasteiger partial charge in [0.2, 0.25) is 0 Å². The molecule has 3 N–H and O–H groups in total. The van der Waals surface area contributed by atoms with E-state index in [9.17, 15) is 43.2 Å². The zero-order chi connectivity index (χ0) is 74.2. The van der Waals surface area contributed by atoms with Crippen molar-refractivity contribution in [3.63, 3.8) is 0 Å². The van der Waals surface area contributed by atoms with Crippen LogP contribution >= 0.6 is 15.6 Å². The van der Waals surface area contributed by atoms with Crippen molar-refractivity contribution in [2.24, 2.45) is 11.8 Å². The Hall–Kier alpha value is -2.46. The molecule has 0 aromatic rings. The van der Waals surface area contributed by atoms with E-state index in [0.29, 0.717) is 25.7 Å². The molecular formula is C82H156O17P2. The van der Waals surface area contributed by atoms with Crippen molar-refractivity contribution in [2.45, 2.75) is 426 Å². The molecule has 0 aliphatic rings. The average molecular weight is 1480 g/mol. The summed E-state index contributed by atoms with van der Waals surface area (Å²) >= 11 is 0. The van der Waals surface area contributed by atoms with E-state index >= 15 is 0 Å². The average Bonchev–Trinajstić information content (AvgIpc) is 0.944. The highest BCUT2D eigenvalue weighted by Crippen LogP contribution is 2.45. The maximum atomic E-state index is 13.1. The SMILES string of the molecule is CCCCCC/C=C\C=C/CCCCCCCC(=O)OC[C@H](COP(=O)(O)OC[C@@H](O)COP(=O)(O)OC[C@@H](COC(=O)CCCCCCCCCCCCCC)OC(=O)CCCCCCCCCCCCCCC(C)C)OC(=O)CCCCCCCCCCCCCCCCCCC(C)C. The first-order valence-electron chi connectivity index (χ1n) is 41.8. The number of aliphatic hydroxyl groups excluding tert-OH is 1. The van der Waals surface area contributed by atoms with E-state index in [1.165, 1.54) is 205 Å². The first-order valence-corrected chi connectivity index (χ1v) is 44.8. The van der Waals surface area contributed by atoms with Crippen LogP contribution in [-0.2, 0) is 65.4 Å². The van der Waals surface area contributed by atoms with E-state index in [1.54, 1.807) is 0 Å². The molecule has 0 aromatic carbocycles. The highest BCUT2D eigenvalue weighted by atomic mass is 31.2. The molecule has 2 unspecified atom stereocenters. The third-order valence-electron chi connectivity index (χ3n) is 18.6. The molecule has 0 spiro atoms. The first-order chi connectivity index (χ1) is 48.9. The number of allylic oxidation sites excluding steroid dienone is 4. The lowest BCUT2D eigenvalue weighted by atomic mass is 10.0. The summed E-state index contributed by atoms with van der Waals surface area (Å²) in [5.74, 6) is -0.553. The summed E-state index contributed by atoms with van der Waals surface area (Å²) in [6, 6.07) is 0. The van der Waals surface area contributed by atoms with Crippen molar-refractivity contribution in [3.8, 4) is 0 Å². The predicted octanol–water partition coefficient (Wildman–Crippen LogP) is 24.2. The number of carbonyl (C=O) groups is 4. The lowest BCUT2D eigenvalue weighted by molar-refractivity contribution is -0.161. The zero-order valence-electron chi connectivity index (χ0n) is 65.7. The van der Waals surface area contributed by atoms with Gasteiger partial charge in [0.15, 0.2) is 12.2 Å². The Kier molecular flexibility index (Phi) is 71.3. The van der Waals surface area contributed by atoms with Gasteiger partial charge in [-0.05, 0) is 63.2 Å². The van der Waals surface area contributed by atoms with Gasteiger partial charge in [-0.2, -0.15) is 0 Å². The molecule has 17 nitrogen and oxygen atoms in total. The molecule has 0 amide bonds. The Morgan fingerprint density at radius 1 is 0.307 bits per heavy atom. The number of aliphatic hydroxyl groups is 1. The Morgan fingerprint density at radius 3 is 0.812 bits per heavy atom. The number of carbonyl (C=O) groups excluding carboxylic acids is 4. The van der Waals surface area contributed by atoms with Gasteiger partial charge in [0.25, 0.3) is 0 Å². The number of hydrogen-bond acceptors (Lipinski definition) is 15. The third-order valence-corrected chi connectivity index (χ3v) is 20.5. The molecule has 0 heterocycles. The van der Waals surface area contributed by atoms with Crippen molar-refractivity contribution in [3.05, 3.63) is 24.3 Å². The minimum absolute atomic E-state index is 0.101. The van der Waals surface area contributed by atoms with Crippen LogP contribution in [0.3, 0.4) is 0 Å². The van der Waals surface area contributed by atoms with Crippen LogP contribution < -0.4 is 0 Å². The number of phosphoric acid groups is 2. The van der Waals surface area contributed by atoms with Crippen LogP contribution in [0, 0.1) is 11.8 Å². The molecule has 0 aliphatic heterocycles. The van der Waals surface area contributed by atoms with Crippen LogP contribution in [0.5, 0.6) is 0 Å². The van der Waals surface area contributed by atoms with E-state index < -0.39 is 97.5 Å². The molecule has 0 aromatic heterocycles. The van der Waals surface area contributed by atoms with Gasteiger partial charge < -0.3 is 33.8 Å². The summed E-state index contributed by atoms with van der Waals surface area (Å²) in [6.45, 7) is 9.61. The van der Waals surface area contributed by atoms with Crippen LogP contribution in [0.2, 0.25) is 0 Å². The summed E-state index contributed by atoms with van der Waals surface area (Å²) < 4.78 is 68.7. The molecule has 5 atom stereocenters. The molecule has 0 saturated carbocycles. The van der Waals surface area contributed by atoms with Crippen molar-refractivity contribution in [1.29, 1.82) is 0 Å². The van der Waals surface area contributed by atoms with Gasteiger partial charge in [-0.1, -0.05) is 355 Å². The van der Waals surface area contributed by atoms with Gasteiger partial charge in [-0.15, -0.1) is 0 Å². The van der Waals surface area contributed by atoms with Crippen LogP contribution in [0.25, 0.3) is 0 Å². The fraction of sp³-hybridized carbons (Fsp3) is 0.902. The van der Waals surface area contributed by atoms with Gasteiger partial charge in [-0.25, -0.2) is 9.13 Å². The summed E-state index contributed by atoms with van der Waals surface area (Å²) in [5, 5.41) is 10.6. The Bertz CT molecular complexity index is 2040. The van der Waals surface area contributed by atoms with Crippen LogP contribution in [0.4, 0.5) is 0 Å². The standard InChI is InChI=1S/C82H156O17P2/c1-7-9-11-13-15-17-19-21-24-28-35-41-47-53-59-65-80(85)93-71-78(98-81(86)66-60-54-48-42-36-29-26-23-22-25-27-32-38-44-50-56-62-74(3)4)73-97-101(90,91)95-69-76(83)68-94-100(88,89)96-72-77(70-92-79(84)64-58-52-46-40-34-20-18-16-14-12-10-8-2)99-82(87)67-61-55-49-43-37-31-30-33-39-45-51-57-63-75(5)6/h17,19,21,24,74-78,83H,7-16,18,20,22-23,25-73H2,1-6H3,(H,88,89)(H,90,91)/b19-17-,24-21-/t76-,77+,78+/m0/s1. The van der Waals surface area contributed by atoms with Crippen LogP contribution in [0.1, 0.15) is 408 Å². The molecule has 0 saturated heterocycles. The smallest absolute Gasteiger partial charge is 0.462 e. The van der Waals surface area contributed by atoms with E-state index in [0.717, 1.165) is 121 Å². The maximum Gasteiger partial charge on any atom is 0.472 e. The molecule has 0 bridgehead atoms. The molecule has 0 rings (SSSR count). The molecule has 596 valence electrons. The molecule has 0 aliphatic carbocycles. The van der Waals surface area contributed by atoms with E-state index in [-0.39, 0.29) is 25.7 Å². The second-order valence-electron chi connectivity index (χ2n) is 29.8. The maximum absolute atomic E-state index is 13.1. The normalized spacial score (nSPS) is 14.0. The molecule has 101 heavy (non-hydrogen) atoms. The lowest BCUT2D eigenvalue weighted by Crippen LogP contribution is -2.30. The number of rotatable bonds is 79. The van der Waals surface area contributed by atoms with E-state index in [4.69, 9.17) is 37.0 Å². The largest absolute Gasteiger partial charge is 0.472 e. The Balaban J connectivity index is 5.29. The third kappa shape index (κ3) is 75.6. The molecule has 0 radical (unpaired) electrons. The fourth-order valence-electron chi connectivity index (χ4n) is 12.2. The van der Waals surface area contributed by atoms with Crippen molar-refractivity contribution in [1.82, 2.24) is 0 Å². The van der Waals surface area contributed by atoms with Crippen molar-refractivity contribution >= 4 is 39.5 Å². The van der Waals surface area contributed by atoms with E-state index in [1.807, 2.05) is 0 Å². The van der Waals surface area contributed by atoms with Crippen molar-refractivity contribution < 1.29 is 80.2 Å². The number of ether oxygens (including phenoxy) is 4. The van der Waals surface area contributed by atoms with Crippen molar-refractivity contribution in [2.75, 3.05) is 39.6 Å². The second-order valence-corrected chi connectivity index (χ2v) is 32.7. The van der Waals surface area contributed by atoms with Gasteiger partial charge >= 0.3 is 39.5 Å². The van der Waals surface area contributed by atoms with Gasteiger partial charge in [-0.3, -0.25) is 37.3 Å². The van der Waals surface area contributed by atoms with E-state index in [2.05, 4.69) is 65.8 Å². The number of hydrogen-bond donors (Lipinski definition) is 3. The number of unbranched alkanes of at least 4 members (excludes halogenated alkanes) is 46. The molecule has 19 heteroatoms. The van der Waals surface area contributed by atoms with Gasteiger partial charge in [0.05, 0.1) is 26.4 Å². The minimum Gasteiger partial charge on any atom is -0.462 e. The fourth-order valence-corrected chi connectivity index (χ4v) is 13.8. The quantitative estimate of drug-likeness (QED) is 0.0169. The van der Waals surface area contributed by atoms with Gasteiger partial charge in [0.1, 0.15) is 19.3 Å². The van der Waals surface area contributed by atoms with Crippen LogP contribution in [0.15, 0.2) is 24.3 Å². The predicted molar refractivity (Wildman–Crippen MR) is 414 cm³/mol. The summed E-state index contributed by atoms with van der Waals surface area (Å²) in [5.41, 5.74) is 0. The summed E-state index contributed by atoms with van der Waals surface area (Å²) in [7, 11) is -9.93. The monoisotopic (exact) mass is 1480 g/mol. The number of phosphoric ester groups is 2. The molecular weight excluding hydrogens is 1320 g/mol. The minimum atomic E-state index is -4.97. The summed E-state index contributed by atoms with van der Waals surface area (Å²) in [4.78, 5) is 73.1. The lowest BCUT2D eigenvalue weighted by Gasteiger charge is -2.21. The number of esters is 4. The highest BCUT2D eigenvalue weighted by Gasteiger charge is 2.30. The highest BCUT2D eigenvalue weighted by molar-refractivity contribution is 7.47. The molecule has 0 fully saturated rings. The van der Waals surface area contributed by atoms with Crippen LogP contribution in [-0.4, -0.2) is 96.7 Å².